The minimum absolute atomic E-state index is 0.157. The fourth-order valence-electron chi connectivity index (χ4n) is 7.75. The first kappa shape index (κ1) is 31.2. The second-order valence-corrected chi connectivity index (χ2v) is 13.0. The van der Waals surface area contributed by atoms with Gasteiger partial charge in [0, 0.05) is 11.8 Å². The smallest absolute Gasteiger partial charge is 0.126 e. The van der Waals surface area contributed by atoms with Gasteiger partial charge in [0.15, 0.2) is 0 Å². The standard InChI is InChI=1S/C43H44O4/c1-5-13-29-21-33(22-30(14-6-2)41(29)46-27-35-25-44-35)43(39-19-11-9-17-37(39)38-18-10-12-20-40(38)43)34-23-31(15-7-3)42(32(24-34)16-8-4)47-28-36-26-45-36/h5-12,17-24,35-37,39H,1-4,13-16,25-28H2/t35-,36?,37?,39?,43?/m0/s1. The molecule has 5 atom stereocenters. The van der Waals surface area contributed by atoms with E-state index in [4.69, 9.17) is 18.9 Å². The fraction of sp³-hybridized carbons (Fsp3) is 0.302. The molecule has 2 aliphatic heterocycles. The van der Waals surface area contributed by atoms with Crippen molar-refractivity contribution < 1.29 is 18.9 Å². The van der Waals surface area contributed by atoms with Crippen LogP contribution in [0.25, 0.3) is 0 Å². The van der Waals surface area contributed by atoms with E-state index in [1.165, 1.54) is 22.3 Å². The monoisotopic (exact) mass is 624 g/mol. The molecule has 0 radical (unpaired) electrons. The summed E-state index contributed by atoms with van der Waals surface area (Å²) < 4.78 is 24.0. The van der Waals surface area contributed by atoms with E-state index < -0.39 is 5.41 Å². The number of hydrogen-bond acceptors (Lipinski definition) is 4. The van der Waals surface area contributed by atoms with Crippen LogP contribution in [0.1, 0.15) is 50.4 Å². The summed E-state index contributed by atoms with van der Waals surface area (Å²) in [6, 6.07) is 18.5. The fourth-order valence-corrected chi connectivity index (χ4v) is 7.75. The van der Waals surface area contributed by atoms with Crippen molar-refractivity contribution in [3.05, 3.63) is 168 Å². The summed E-state index contributed by atoms with van der Waals surface area (Å²) in [4.78, 5) is 0. The van der Waals surface area contributed by atoms with Gasteiger partial charge in [-0.15, -0.1) is 26.3 Å². The van der Waals surface area contributed by atoms with Gasteiger partial charge in [0.1, 0.15) is 36.9 Å². The largest absolute Gasteiger partial charge is 0.490 e. The second-order valence-electron chi connectivity index (χ2n) is 13.0. The highest BCUT2D eigenvalue weighted by atomic mass is 16.6. The van der Waals surface area contributed by atoms with Gasteiger partial charge in [-0.05, 0) is 70.2 Å². The molecule has 0 aromatic heterocycles. The molecular formula is C43H44O4. The Morgan fingerprint density at radius 2 is 1.11 bits per heavy atom. The average Bonchev–Trinajstić information content (AvgIpc) is 4.03. The van der Waals surface area contributed by atoms with Crippen molar-refractivity contribution in [3.8, 4) is 11.5 Å². The van der Waals surface area contributed by atoms with Crippen molar-refractivity contribution in [2.24, 2.45) is 5.92 Å². The highest BCUT2D eigenvalue weighted by Gasteiger charge is 2.53. The molecule has 4 nitrogen and oxygen atoms in total. The Morgan fingerprint density at radius 1 is 0.660 bits per heavy atom. The number of fused-ring (bicyclic) bond motifs is 3. The molecule has 4 unspecified atom stereocenters. The molecule has 0 bridgehead atoms. The lowest BCUT2D eigenvalue weighted by molar-refractivity contribution is 0.259. The summed E-state index contributed by atoms with van der Waals surface area (Å²) in [6.45, 7) is 19.1. The Labute approximate surface area is 279 Å². The molecule has 0 saturated carbocycles. The highest BCUT2D eigenvalue weighted by molar-refractivity contribution is 5.66. The number of hydrogen-bond donors (Lipinski definition) is 0. The van der Waals surface area contributed by atoms with Gasteiger partial charge >= 0.3 is 0 Å². The van der Waals surface area contributed by atoms with Crippen LogP contribution in [0.3, 0.4) is 0 Å². The lowest BCUT2D eigenvalue weighted by Gasteiger charge is -2.40. The summed E-state index contributed by atoms with van der Waals surface area (Å²) in [7, 11) is 0. The number of epoxide rings is 2. The van der Waals surface area contributed by atoms with E-state index in [2.05, 4.69) is 99.2 Å². The predicted molar refractivity (Wildman–Crippen MR) is 190 cm³/mol. The molecule has 7 rings (SSSR count). The molecule has 47 heavy (non-hydrogen) atoms. The molecule has 2 aliphatic carbocycles. The van der Waals surface area contributed by atoms with Crippen LogP contribution >= 0.6 is 0 Å². The van der Waals surface area contributed by atoms with Crippen LogP contribution in [-0.4, -0.2) is 38.6 Å². The van der Waals surface area contributed by atoms with Gasteiger partial charge in [0.05, 0.1) is 18.6 Å². The van der Waals surface area contributed by atoms with Crippen molar-refractivity contribution in [2.75, 3.05) is 26.4 Å². The lowest BCUT2D eigenvalue weighted by Crippen LogP contribution is -2.36. The Morgan fingerprint density at radius 3 is 1.55 bits per heavy atom. The third kappa shape index (κ3) is 5.86. The van der Waals surface area contributed by atoms with Crippen molar-refractivity contribution in [1.82, 2.24) is 0 Å². The van der Waals surface area contributed by atoms with Gasteiger partial charge in [0.25, 0.3) is 0 Å². The predicted octanol–water partition coefficient (Wildman–Crippen LogP) is 8.33. The SMILES string of the molecule is C=CCc1cc(C2(c3cc(CC=C)c(OC[C@@H]4CO4)c(CC=C)c3)c3ccccc3C3C=CC=CC32)cc(CC=C)c1OCC1CO1. The van der Waals surface area contributed by atoms with Gasteiger partial charge in [-0.2, -0.15) is 0 Å². The molecule has 0 spiro atoms. The van der Waals surface area contributed by atoms with Crippen molar-refractivity contribution in [3.63, 3.8) is 0 Å². The van der Waals surface area contributed by atoms with E-state index in [1.54, 1.807) is 0 Å². The minimum Gasteiger partial charge on any atom is -0.490 e. The van der Waals surface area contributed by atoms with Crippen molar-refractivity contribution >= 4 is 0 Å². The van der Waals surface area contributed by atoms with Gasteiger partial charge in [-0.1, -0.05) is 97.1 Å². The van der Waals surface area contributed by atoms with E-state index in [-0.39, 0.29) is 24.0 Å². The van der Waals surface area contributed by atoms with E-state index in [0.717, 1.165) is 47.0 Å². The summed E-state index contributed by atoms with van der Waals surface area (Å²) in [5.41, 5.74) is 9.22. The summed E-state index contributed by atoms with van der Waals surface area (Å²) in [5, 5.41) is 0. The van der Waals surface area contributed by atoms with Crippen LogP contribution in [0.5, 0.6) is 11.5 Å². The molecule has 2 saturated heterocycles. The second kappa shape index (κ2) is 13.4. The van der Waals surface area contributed by atoms with E-state index in [1.807, 2.05) is 24.3 Å². The molecule has 3 aromatic rings. The van der Waals surface area contributed by atoms with Gasteiger partial charge in [0.2, 0.25) is 0 Å². The number of rotatable bonds is 16. The van der Waals surface area contributed by atoms with E-state index >= 15 is 0 Å². The first-order chi connectivity index (χ1) is 23.1. The summed E-state index contributed by atoms with van der Waals surface area (Å²) >= 11 is 0. The maximum atomic E-state index is 6.50. The number of allylic oxidation sites excluding steroid dienone is 8. The Kier molecular flexibility index (Phi) is 8.90. The number of ether oxygens (including phenoxy) is 4. The normalized spacial score (nSPS) is 24.6. The Bertz CT molecular complexity index is 1600. The maximum Gasteiger partial charge on any atom is 0.126 e. The minimum atomic E-state index is -0.490. The topological polar surface area (TPSA) is 43.5 Å². The van der Waals surface area contributed by atoms with Crippen LogP contribution in [0.4, 0.5) is 0 Å². The molecule has 0 N–H and O–H groups in total. The van der Waals surface area contributed by atoms with E-state index in [0.29, 0.717) is 38.9 Å². The average molecular weight is 625 g/mol. The van der Waals surface area contributed by atoms with Crippen molar-refractivity contribution in [1.29, 1.82) is 0 Å². The van der Waals surface area contributed by atoms with Crippen LogP contribution in [0.2, 0.25) is 0 Å². The molecule has 4 heteroatoms. The molecule has 4 aliphatic rings. The zero-order valence-electron chi connectivity index (χ0n) is 27.2. The van der Waals surface area contributed by atoms with Crippen molar-refractivity contribution in [2.45, 2.75) is 49.2 Å². The van der Waals surface area contributed by atoms with Crippen LogP contribution in [0, 0.1) is 5.92 Å². The van der Waals surface area contributed by atoms with Gasteiger partial charge in [-0.3, -0.25) is 0 Å². The third-order valence-corrected chi connectivity index (χ3v) is 9.86. The highest BCUT2D eigenvalue weighted by Crippen LogP contribution is 2.60. The number of benzene rings is 3. The molecular weight excluding hydrogens is 580 g/mol. The quantitative estimate of drug-likeness (QED) is 0.119. The maximum absolute atomic E-state index is 6.50. The zero-order valence-corrected chi connectivity index (χ0v) is 27.2. The lowest BCUT2D eigenvalue weighted by atomic mass is 9.62. The van der Waals surface area contributed by atoms with Crippen LogP contribution in [0.15, 0.2) is 123 Å². The molecule has 3 aromatic carbocycles. The third-order valence-electron chi connectivity index (χ3n) is 9.86. The van der Waals surface area contributed by atoms with Crippen LogP contribution in [-0.2, 0) is 40.6 Å². The Hall–Kier alpha value is -4.38. The van der Waals surface area contributed by atoms with Crippen LogP contribution < -0.4 is 9.47 Å². The first-order valence-electron chi connectivity index (χ1n) is 16.8. The molecule has 2 fully saturated rings. The molecule has 0 amide bonds. The first-order valence-corrected chi connectivity index (χ1v) is 16.8. The zero-order chi connectivity index (χ0) is 32.4. The van der Waals surface area contributed by atoms with Gasteiger partial charge in [-0.25, -0.2) is 0 Å². The molecule has 2 heterocycles. The Balaban J connectivity index is 1.51. The summed E-state index contributed by atoms with van der Waals surface area (Å²) in [5.74, 6) is 2.24. The van der Waals surface area contributed by atoms with E-state index in [9.17, 15) is 0 Å². The molecule has 240 valence electrons. The van der Waals surface area contributed by atoms with Gasteiger partial charge < -0.3 is 18.9 Å². The summed E-state index contributed by atoms with van der Waals surface area (Å²) in [6.07, 6.45) is 20.2.